The van der Waals surface area contributed by atoms with Gasteiger partial charge in [0.05, 0.1) is 11.0 Å². The molecular weight excluding hydrogens is 214 g/mol. The second-order valence-electron chi connectivity index (χ2n) is 3.96. The second-order valence-corrected chi connectivity index (χ2v) is 3.96. The van der Waals surface area contributed by atoms with Gasteiger partial charge in [-0.25, -0.2) is 4.79 Å². The van der Waals surface area contributed by atoms with Crippen molar-refractivity contribution < 1.29 is 0 Å². The fourth-order valence-corrected chi connectivity index (χ4v) is 1.93. The third kappa shape index (κ3) is 1.69. The highest BCUT2D eigenvalue weighted by Gasteiger charge is 2.02. The maximum absolute atomic E-state index is 11.2. The topological polar surface area (TPSA) is 74.7 Å². The molecule has 1 aromatic heterocycles. The third-order valence-corrected chi connectivity index (χ3v) is 2.74. The Balaban J connectivity index is 2.20. The van der Waals surface area contributed by atoms with Crippen LogP contribution in [0.1, 0.15) is 0 Å². The van der Waals surface area contributed by atoms with E-state index in [1.165, 1.54) is 0 Å². The predicted molar refractivity (Wildman–Crippen MR) is 68.8 cm³/mol. The SMILES string of the molecule is Nc1cccc(-c2ccc3[nH]c(=O)[nH]c3c2)c1. The Morgan fingerprint density at radius 3 is 2.47 bits per heavy atom. The first kappa shape index (κ1) is 9.72. The normalized spacial score (nSPS) is 10.8. The van der Waals surface area contributed by atoms with Gasteiger partial charge >= 0.3 is 5.69 Å². The van der Waals surface area contributed by atoms with E-state index in [0.717, 1.165) is 27.8 Å². The summed E-state index contributed by atoms with van der Waals surface area (Å²) in [6.45, 7) is 0. The number of rotatable bonds is 1. The monoisotopic (exact) mass is 225 g/mol. The Kier molecular flexibility index (Phi) is 2.01. The summed E-state index contributed by atoms with van der Waals surface area (Å²) in [5.74, 6) is 0. The standard InChI is InChI=1S/C13H11N3O/c14-10-3-1-2-8(6-10)9-4-5-11-12(7-9)16-13(17)15-11/h1-7H,14H2,(H2,15,16,17). The van der Waals surface area contributed by atoms with E-state index in [1.54, 1.807) is 0 Å². The van der Waals surface area contributed by atoms with Crippen molar-refractivity contribution in [2.75, 3.05) is 5.73 Å². The summed E-state index contributed by atoms with van der Waals surface area (Å²) in [4.78, 5) is 16.6. The number of nitrogens with one attached hydrogen (secondary N) is 2. The summed E-state index contributed by atoms with van der Waals surface area (Å²) in [6.07, 6.45) is 0. The van der Waals surface area contributed by atoms with Gasteiger partial charge in [-0.15, -0.1) is 0 Å². The van der Waals surface area contributed by atoms with Gasteiger partial charge in [0, 0.05) is 5.69 Å². The van der Waals surface area contributed by atoms with Crippen LogP contribution < -0.4 is 11.4 Å². The van der Waals surface area contributed by atoms with E-state index in [1.807, 2.05) is 42.5 Å². The average molecular weight is 225 g/mol. The molecule has 0 atom stereocenters. The fraction of sp³-hybridized carbons (Fsp3) is 0. The van der Waals surface area contributed by atoms with E-state index >= 15 is 0 Å². The molecule has 0 amide bonds. The highest BCUT2D eigenvalue weighted by molar-refractivity contribution is 5.82. The molecule has 1 heterocycles. The van der Waals surface area contributed by atoms with Gasteiger partial charge in [-0.2, -0.15) is 0 Å². The number of fused-ring (bicyclic) bond motifs is 1. The minimum atomic E-state index is -0.190. The smallest absolute Gasteiger partial charge is 0.323 e. The van der Waals surface area contributed by atoms with Gasteiger partial charge in [0.25, 0.3) is 0 Å². The lowest BCUT2D eigenvalue weighted by atomic mass is 10.0. The van der Waals surface area contributed by atoms with E-state index in [2.05, 4.69) is 9.97 Å². The van der Waals surface area contributed by atoms with E-state index in [-0.39, 0.29) is 5.69 Å². The van der Waals surface area contributed by atoms with Crippen LogP contribution in [0.15, 0.2) is 47.3 Å². The number of hydrogen-bond donors (Lipinski definition) is 3. The summed E-state index contributed by atoms with van der Waals surface area (Å²) < 4.78 is 0. The van der Waals surface area contributed by atoms with E-state index in [4.69, 9.17) is 5.73 Å². The molecule has 3 aromatic rings. The lowest BCUT2D eigenvalue weighted by molar-refractivity contribution is 1.22. The number of nitrogens with two attached hydrogens (primary N) is 1. The number of imidazole rings is 1. The van der Waals surface area contributed by atoms with Crippen LogP contribution in [0.5, 0.6) is 0 Å². The molecule has 0 saturated carbocycles. The number of aromatic amines is 2. The van der Waals surface area contributed by atoms with E-state index in [0.29, 0.717) is 0 Å². The van der Waals surface area contributed by atoms with Crippen LogP contribution >= 0.6 is 0 Å². The number of anilines is 1. The first-order valence-corrected chi connectivity index (χ1v) is 5.30. The van der Waals surface area contributed by atoms with Crippen molar-refractivity contribution in [3.05, 3.63) is 52.9 Å². The zero-order valence-corrected chi connectivity index (χ0v) is 9.03. The Morgan fingerprint density at radius 2 is 1.65 bits per heavy atom. The molecule has 0 bridgehead atoms. The van der Waals surface area contributed by atoms with Gasteiger partial charge in [0.1, 0.15) is 0 Å². The van der Waals surface area contributed by atoms with Crippen LogP contribution in [0.3, 0.4) is 0 Å². The fourth-order valence-electron chi connectivity index (χ4n) is 1.93. The predicted octanol–water partition coefficient (Wildman–Crippen LogP) is 2.11. The minimum Gasteiger partial charge on any atom is -0.399 e. The van der Waals surface area contributed by atoms with Crippen molar-refractivity contribution in [1.82, 2.24) is 9.97 Å². The molecule has 2 aromatic carbocycles. The largest absolute Gasteiger partial charge is 0.399 e. The lowest BCUT2D eigenvalue weighted by Crippen LogP contribution is -1.99. The minimum absolute atomic E-state index is 0.190. The molecule has 4 heteroatoms. The van der Waals surface area contributed by atoms with Crippen LogP contribution in [-0.2, 0) is 0 Å². The van der Waals surface area contributed by atoms with Gasteiger partial charge in [0.15, 0.2) is 0 Å². The molecular formula is C13H11N3O. The van der Waals surface area contributed by atoms with Gasteiger partial charge in [-0.3, -0.25) is 0 Å². The van der Waals surface area contributed by atoms with Gasteiger partial charge in [0.2, 0.25) is 0 Å². The Bertz CT molecular complexity index is 740. The number of hydrogen-bond acceptors (Lipinski definition) is 2. The molecule has 0 aliphatic carbocycles. The molecule has 0 unspecified atom stereocenters. The second kappa shape index (κ2) is 3.52. The summed E-state index contributed by atoms with van der Waals surface area (Å²) in [5.41, 5.74) is 9.96. The Hall–Kier alpha value is -2.49. The first-order valence-electron chi connectivity index (χ1n) is 5.30. The zero-order valence-electron chi connectivity index (χ0n) is 9.03. The lowest BCUT2D eigenvalue weighted by Gasteiger charge is -2.02. The number of nitrogen functional groups attached to an aromatic ring is 1. The van der Waals surface area contributed by atoms with Crippen LogP contribution in [0.25, 0.3) is 22.2 Å². The summed E-state index contributed by atoms with van der Waals surface area (Å²) in [6, 6.07) is 13.4. The van der Waals surface area contributed by atoms with Crippen molar-refractivity contribution in [3.8, 4) is 11.1 Å². The van der Waals surface area contributed by atoms with E-state index < -0.39 is 0 Å². The van der Waals surface area contributed by atoms with Crippen LogP contribution in [-0.4, -0.2) is 9.97 Å². The molecule has 0 aliphatic rings. The highest BCUT2D eigenvalue weighted by atomic mass is 16.1. The Labute approximate surface area is 97.1 Å². The molecule has 4 nitrogen and oxygen atoms in total. The highest BCUT2D eigenvalue weighted by Crippen LogP contribution is 2.23. The molecule has 17 heavy (non-hydrogen) atoms. The average Bonchev–Trinajstić information content (AvgIpc) is 2.68. The van der Waals surface area contributed by atoms with Crippen molar-refractivity contribution in [2.45, 2.75) is 0 Å². The van der Waals surface area contributed by atoms with Gasteiger partial charge in [-0.1, -0.05) is 18.2 Å². The molecule has 0 fully saturated rings. The molecule has 0 aliphatic heterocycles. The molecule has 4 N–H and O–H groups in total. The maximum Gasteiger partial charge on any atom is 0.323 e. The summed E-state index contributed by atoms with van der Waals surface area (Å²) >= 11 is 0. The number of H-pyrrole nitrogens is 2. The summed E-state index contributed by atoms with van der Waals surface area (Å²) in [7, 11) is 0. The molecule has 84 valence electrons. The quantitative estimate of drug-likeness (QED) is 0.555. The first-order chi connectivity index (χ1) is 8.22. The summed E-state index contributed by atoms with van der Waals surface area (Å²) in [5, 5.41) is 0. The third-order valence-electron chi connectivity index (χ3n) is 2.74. The number of benzene rings is 2. The van der Waals surface area contributed by atoms with Crippen molar-refractivity contribution in [2.24, 2.45) is 0 Å². The molecule has 0 spiro atoms. The Morgan fingerprint density at radius 1 is 0.882 bits per heavy atom. The van der Waals surface area contributed by atoms with Crippen molar-refractivity contribution in [1.29, 1.82) is 0 Å². The van der Waals surface area contributed by atoms with Gasteiger partial charge in [-0.05, 0) is 35.4 Å². The van der Waals surface area contributed by atoms with Crippen LogP contribution in [0, 0.1) is 0 Å². The molecule has 0 radical (unpaired) electrons. The van der Waals surface area contributed by atoms with E-state index in [9.17, 15) is 4.79 Å². The zero-order chi connectivity index (χ0) is 11.8. The molecule has 3 rings (SSSR count). The van der Waals surface area contributed by atoms with Crippen molar-refractivity contribution in [3.63, 3.8) is 0 Å². The maximum atomic E-state index is 11.2. The van der Waals surface area contributed by atoms with Crippen molar-refractivity contribution >= 4 is 16.7 Å². The van der Waals surface area contributed by atoms with Crippen LogP contribution in [0.2, 0.25) is 0 Å². The van der Waals surface area contributed by atoms with Crippen LogP contribution in [0.4, 0.5) is 5.69 Å². The number of aromatic nitrogens is 2. The molecule has 0 saturated heterocycles. The van der Waals surface area contributed by atoms with Gasteiger partial charge < -0.3 is 15.7 Å².